The minimum absolute atomic E-state index is 0.474. The number of piperidine rings is 1. The fraction of sp³-hybridized carbons (Fsp3) is 0.474. The Balaban J connectivity index is 1.36. The number of rotatable bonds is 4. The zero-order valence-corrected chi connectivity index (χ0v) is 15.4. The summed E-state index contributed by atoms with van der Waals surface area (Å²) in [6.07, 6.45) is 12.7. The van der Waals surface area contributed by atoms with Crippen molar-refractivity contribution in [2.75, 3.05) is 24.6 Å². The van der Waals surface area contributed by atoms with Gasteiger partial charge in [0, 0.05) is 36.3 Å². The zero-order chi connectivity index (χ0) is 17.3. The lowest BCUT2D eigenvalue weighted by atomic mass is 9.98. The van der Waals surface area contributed by atoms with Gasteiger partial charge in [-0.1, -0.05) is 0 Å². The van der Waals surface area contributed by atoms with Gasteiger partial charge < -0.3 is 9.64 Å². The Hall–Kier alpha value is -2.28. The Morgan fingerprint density at radius 1 is 1.15 bits per heavy atom. The van der Waals surface area contributed by atoms with E-state index >= 15 is 0 Å². The highest BCUT2D eigenvalue weighted by atomic mass is 32.1. The van der Waals surface area contributed by atoms with E-state index in [0.717, 1.165) is 30.2 Å². The largest absolute Gasteiger partial charge is 0.476 e. The fourth-order valence-corrected chi connectivity index (χ4v) is 5.33. The summed E-state index contributed by atoms with van der Waals surface area (Å²) in [5, 5.41) is 1.31. The van der Waals surface area contributed by atoms with Gasteiger partial charge in [0.25, 0.3) is 0 Å². The average molecular weight is 367 g/mol. The van der Waals surface area contributed by atoms with Crippen LogP contribution in [-0.2, 0) is 12.8 Å². The van der Waals surface area contributed by atoms with E-state index in [2.05, 4.69) is 19.9 Å². The molecule has 2 aliphatic rings. The molecule has 6 nitrogen and oxygen atoms in total. The third-order valence-corrected chi connectivity index (χ3v) is 6.51. The van der Waals surface area contributed by atoms with Crippen molar-refractivity contribution in [3.05, 3.63) is 35.4 Å². The molecule has 1 unspecified atom stereocenters. The molecule has 0 spiro atoms. The Labute approximate surface area is 156 Å². The van der Waals surface area contributed by atoms with Gasteiger partial charge in [-0.2, -0.15) is 0 Å². The first-order valence-electron chi connectivity index (χ1n) is 9.27. The second-order valence-electron chi connectivity index (χ2n) is 7.04. The van der Waals surface area contributed by atoms with Crippen molar-refractivity contribution in [1.29, 1.82) is 0 Å². The summed E-state index contributed by atoms with van der Waals surface area (Å²) in [7, 11) is 0. The van der Waals surface area contributed by atoms with Crippen LogP contribution < -0.4 is 9.64 Å². The van der Waals surface area contributed by atoms with Gasteiger partial charge in [0.2, 0.25) is 5.88 Å². The molecule has 1 aliphatic heterocycles. The van der Waals surface area contributed by atoms with Crippen LogP contribution in [-0.4, -0.2) is 39.6 Å². The summed E-state index contributed by atoms with van der Waals surface area (Å²) in [6, 6.07) is 0. The van der Waals surface area contributed by atoms with E-state index in [0.29, 0.717) is 18.4 Å². The van der Waals surface area contributed by atoms with Crippen LogP contribution >= 0.6 is 11.3 Å². The molecule has 0 amide bonds. The van der Waals surface area contributed by atoms with E-state index in [-0.39, 0.29) is 0 Å². The second kappa shape index (κ2) is 6.79. The smallest absolute Gasteiger partial charge is 0.232 e. The van der Waals surface area contributed by atoms with Crippen LogP contribution in [0.3, 0.4) is 0 Å². The molecule has 134 valence electrons. The van der Waals surface area contributed by atoms with Crippen molar-refractivity contribution in [2.24, 2.45) is 5.92 Å². The van der Waals surface area contributed by atoms with Crippen molar-refractivity contribution in [1.82, 2.24) is 19.9 Å². The summed E-state index contributed by atoms with van der Waals surface area (Å²) < 4.78 is 5.85. The lowest BCUT2D eigenvalue weighted by Crippen LogP contribution is -2.38. The first kappa shape index (κ1) is 15.9. The number of thiophene rings is 1. The highest BCUT2D eigenvalue weighted by Crippen LogP contribution is 2.40. The number of hydrogen-bond acceptors (Lipinski definition) is 7. The monoisotopic (exact) mass is 367 g/mol. The Morgan fingerprint density at radius 3 is 3.08 bits per heavy atom. The summed E-state index contributed by atoms with van der Waals surface area (Å²) in [4.78, 5) is 22.6. The molecule has 0 saturated carbocycles. The predicted molar refractivity (Wildman–Crippen MR) is 102 cm³/mol. The number of fused-ring (bicyclic) bond motifs is 3. The summed E-state index contributed by atoms with van der Waals surface area (Å²) >= 11 is 1.86. The van der Waals surface area contributed by atoms with Gasteiger partial charge in [0.1, 0.15) is 17.0 Å². The number of nitrogens with zero attached hydrogens (tertiary/aromatic N) is 5. The first-order valence-corrected chi connectivity index (χ1v) is 10.1. The van der Waals surface area contributed by atoms with Crippen LogP contribution in [0.4, 0.5) is 5.82 Å². The molecule has 3 aromatic heterocycles. The third kappa shape index (κ3) is 2.90. The molecular formula is C19H21N5OS. The van der Waals surface area contributed by atoms with Gasteiger partial charge in [0.05, 0.1) is 18.2 Å². The maximum atomic E-state index is 5.85. The third-order valence-electron chi connectivity index (χ3n) is 5.31. The SMILES string of the molecule is c1cnc(OCC2CCCN(c3ncnc4sc5c(c34)CCC5)C2)cn1. The van der Waals surface area contributed by atoms with E-state index in [4.69, 9.17) is 9.72 Å². The molecule has 1 aliphatic carbocycles. The van der Waals surface area contributed by atoms with E-state index in [9.17, 15) is 0 Å². The van der Waals surface area contributed by atoms with Crippen LogP contribution in [0.5, 0.6) is 5.88 Å². The number of anilines is 1. The van der Waals surface area contributed by atoms with Crippen molar-refractivity contribution < 1.29 is 4.74 Å². The molecule has 4 heterocycles. The minimum atomic E-state index is 0.474. The number of hydrogen-bond donors (Lipinski definition) is 0. The lowest BCUT2D eigenvalue weighted by Gasteiger charge is -2.33. The standard InChI is InChI=1S/C19H21N5OS/c1-4-14-15(5-1)26-19-17(14)18(22-12-23-19)24-8-2-3-13(10-24)11-25-16-9-20-6-7-21-16/h6-7,9,12-13H,1-5,8,10-11H2. The van der Waals surface area contributed by atoms with Crippen LogP contribution in [0.1, 0.15) is 29.7 Å². The highest BCUT2D eigenvalue weighted by molar-refractivity contribution is 7.19. The molecule has 0 N–H and O–H groups in total. The molecule has 7 heteroatoms. The molecule has 0 bridgehead atoms. The maximum absolute atomic E-state index is 5.85. The summed E-state index contributed by atoms with van der Waals surface area (Å²) in [6.45, 7) is 2.69. The molecule has 1 saturated heterocycles. The fourth-order valence-electron chi connectivity index (χ4n) is 4.11. The summed E-state index contributed by atoms with van der Waals surface area (Å²) in [5.74, 6) is 2.20. The van der Waals surface area contributed by atoms with Crippen molar-refractivity contribution in [3.8, 4) is 5.88 Å². The van der Waals surface area contributed by atoms with Crippen LogP contribution in [0.25, 0.3) is 10.2 Å². The molecule has 0 radical (unpaired) electrons. The van der Waals surface area contributed by atoms with E-state index in [1.165, 1.54) is 41.5 Å². The Kier molecular flexibility index (Phi) is 4.16. The van der Waals surface area contributed by atoms with Crippen molar-refractivity contribution in [2.45, 2.75) is 32.1 Å². The quantitative estimate of drug-likeness (QED) is 0.705. The molecule has 0 aromatic carbocycles. The maximum Gasteiger partial charge on any atom is 0.232 e. The van der Waals surface area contributed by atoms with E-state index in [1.54, 1.807) is 24.9 Å². The molecule has 5 rings (SSSR count). The molecular weight excluding hydrogens is 346 g/mol. The van der Waals surface area contributed by atoms with Gasteiger partial charge >= 0.3 is 0 Å². The second-order valence-corrected chi connectivity index (χ2v) is 8.13. The predicted octanol–water partition coefficient (Wildman–Crippen LogP) is 3.27. The molecule has 1 fully saturated rings. The van der Waals surface area contributed by atoms with Crippen LogP contribution in [0, 0.1) is 5.92 Å². The molecule has 3 aromatic rings. The Bertz CT molecular complexity index is 913. The van der Waals surface area contributed by atoms with Gasteiger partial charge in [0.15, 0.2) is 0 Å². The van der Waals surface area contributed by atoms with Gasteiger partial charge in [-0.15, -0.1) is 11.3 Å². The number of aryl methyl sites for hydroxylation is 2. The van der Waals surface area contributed by atoms with Crippen LogP contribution in [0.2, 0.25) is 0 Å². The van der Waals surface area contributed by atoms with Crippen molar-refractivity contribution in [3.63, 3.8) is 0 Å². The van der Waals surface area contributed by atoms with Crippen LogP contribution in [0.15, 0.2) is 24.9 Å². The Morgan fingerprint density at radius 2 is 2.15 bits per heavy atom. The average Bonchev–Trinajstić information content (AvgIpc) is 3.28. The number of ether oxygens (including phenoxy) is 1. The van der Waals surface area contributed by atoms with Crippen molar-refractivity contribution >= 4 is 27.4 Å². The zero-order valence-electron chi connectivity index (χ0n) is 14.6. The topological polar surface area (TPSA) is 64.0 Å². The molecule has 1 atom stereocenters. The molecule has 26 heavy (non-hydrogen) atoms. The normalized spacial score (nSPS) is 19.7. The highest BCUT2D eigenvalue weighted by Gasteiger charge is 2.27. The lowest BCUT2D eigenvalue weighted by molar-refractivity contribution is 0.221. The van der Waals surface area contributed by atoms with E-state index in [1.807, 2.05) is 11.3 Å². The number of aromatic nitrogens is 4. The van der Waals surface area contributed by atoms with Gasteiger partial charge in [-0.05, 0) is 37.7 Å². The van der Waals surface area contributed by atoms with E-state index < -0.39 is 0 Å². The summed E-state index contributed by atoms with van der Waals surface area (Å²) in [5.41, 5.74) is 1.50. The van der Waals surface area contributed by atoms with Gasteiger partial charge in [-0.25, -0.2) is 15.0 Å². The first-order chi connectivity index (χ1) is 12.9. The minimum Gasteiger partial charge on any atom is -0.476 e. The van der Waals surface area contributed by atoms with Gasteiger partial charge in [-0.3, -0.25) is 4.98 Å².